The summed E-state index contributed by atoms with van der Waals surface area (Å²) < 4.78 is 4.98. The molecule has 1 aromatic heterocycles. The summed E-state index contributed by atoms with van der Waals surface area (Å²) in [6, 6.07) is 10.7. The number of hydrogen-bond acceptors (Lipinski definition) is 5. The van der Waals surface area contributed by atoms with Crippen LogP contribution in [0.3, 0.4) is 0 Å². The molecular formula is C11H6N4O. The fourth-order valence-corrected chi connectivity index (χ4v) is 1.20. The van der Waals surface area contributed by atoms with Gasteiger partial charge in [0, 0.05) is 5.56 Å². The lowest BCUT2D eigenvalue weighted by atomic mass is 10.1. The van der Waals surface area contributed by atoms with Crippen LogP contribution in [0.5, 0.6) is 0 Å². The van der Waals surface area contributed by atoms with Gasteiger partial charge in [0.2, 0.25) is 0 Å². The zero-order valence-corrected chi connectivity index (χ0v) is 8.21. The molecule has 0 saturated carbocycles. The number of rotatable bonds is 2. The van der Waals surface area contributed by atoms with E-state index in [-0.39, 0.29) is 6.42 Å². The van der Waals surface area contributed by atoms with Crippen molar-refractivity contribution in [2.45, 2.75) is 6.42 Å². The molecule has 2 rings (SSSR count). The highest BCUT2D eigenvalue weighted by Gasteiger charge is 2.07. The highest BCUT2D eigenvalue weighted by Crippen LogP contribution is 2.17. The Labute approximate surface area is 91.6 Å². The predicted molar refractivity (Wildman–Crippen MR) is 53.8 cm³/mol. The lowest BCUT2D eigenvalue weighted by molar-refractivity contribution is 0.424. The first-order valence-electron chi connectivity index (χ1n) is 4.53. The van der Waals surface area contributed by atoms with E-state index >= 15 is 0 Å². The molecule has 0 bridgehead atoms. The van der Waals surface area contributed by atoms with Gasteiger partial charge in [-0.1, -0.05) is 5.16 Å². The molecule has 0 aliphatic heterocycles. The van der Waals surface area contributed by atoms with E-state index in [1.165, 1.54) is 0 Å². The first kappa shape index (κ1) is 9.88. The molecular weight excluding hydrogens is 204 g/mol. The average Bonchev–Trinajstić information content (AvgIpc) is 2.78. The Morgan fingerprint density at radius 3 is 2.56 bits per heavy atom. The lowest BCUT2D eigenvalue weighted by Gasteiger charge is -1.92. The largest absolute Gasteiger partial charge is 0.334 e. The SMILES string of the molecule is N#CCc1noc(-c2ccc(C#N)cc2)n1. The van der Waals surface area contributed by atoms with Crippen LogP contribution in [-0.4, -0.2) is 10.1 Å². The molecule has 0 unspecified atom stereocenters. The van der Waals surface area contributed by atoms with Crippen LogP contribution >= 0.6 is 0 Å². The van der Waals surface area contributed by atoms with Crippen LogP contribution in [0.2, 0.25) is 0 Å². The van der Waals surface area contributed by atoms with Crippen LogP contribution in [0.1, 0.15) is 11.4 Å². The summed E-state index contributed by atoms with van der Waals surface area (Å²) in [5.41, 5.74) is 1.30. The summed E-state index contributed by atoms with van der Waals surface area (Å²) in [5.74, 6) is 0.719. The molecule has 2 aromatic rings. The standard InChI is InChI=1S/C11H6N4O/c12-6-5-10-14-11(16-15-10)9-3-1-8(7-13)2-4-9/h1-4H,5H2. The molecule has 0 amide bonds. The number of hydrogen-bond donors (Lipinski definition) is 0. The van der Waals surface area contributed by atoms with E-state index < -0.39 is 0 Å². The zero-order chi connectivity index (χ0) is 11.4. The Morgan fingerprint density at radius 2 is 1.94 bits per heavy atom. The van der Waals surface area contributed by atoms with Crippen molar-refractivity contribution >= 4 is 0 Å². The molecule has 5 nitrogen and oxygen atoms in total. The van der Waals surface area contributed by atoms with E-state index in [0.29, 0.717) is 17.3 Å². The van der Waals surface area contributed by atoms with Crippen LogP contribution < -0.4 is 0 Å². The van der Waals surface area contributed by atoms with Gasteiger partial charge in [0.15, 0.2) is 5.82 Å². The molecule has 0 fully saturated rings. The summed E-state index contributed by atoms with van der Waals surface area (Å²) in [4.78, 5) is 4.04. The number of aromatic nitrogens is 2. The highest BCUT2D eigenvalue weighted by molar-refractivity contribution is 5.54. The van der Waals surface area contributed by atoms with Gasteiger partial charge in [-0.2, -0.15) is 15.5 Å². The predicted octanol–water partition coefficient (Wildman–Crippen LogP) is 1.67. The van der Waals surface area contributed by atoms with E-state index in [1.807, 2.05) is 12.1 Å². The molecule has 0 radical (unpaired) electrons. The Hall–Kier alpha value is -2.66. The van der Waals surface area contributed by atoms with Crippen LogP contribution in [-0.2, 0) is 6.42 Å². The average molecular weight is 210 g/mol. The van der Waals surface area contributed by atoms with Crippen LogP contribution in [0.15, 0.2) is 28.8 Å². The molecule has 0 spiro atoms. The van der Waals surface area contributed by atoms with Crippen molar-refractivity contribution in [1.29, 1.82) is 10.5 Å². The third-order valence-electron chi connectivity index (χ3n) is 1.97. The quantitative estimate of drug-likeness (QED) is 0.752. The zero-order valence-electron chi connectivity index (χ0n) is 8.21. The summed E-state index contributed by atoms with van der Waals surface area (Å²) in [7, 11) is 0. The van der Waals surface area contributed by atoms with Crippen molar-refractivity contribution in [3.05, 3.63) is 35.7 Å². The molecule has 0 saturated heterocycles. The molecule has 0 aliphatic rings. The molecule has 5 heteroatoms. The van der Waals surface area contributed by atoms with Gasteiger partial charge >= 0.3 is 0 Å². The molecule has 0 N–H and O–H groups in total. The minimum absolute atomic E-state index is 0.125. The van der Waals surface area contributed by atoms with E-state index in [2.05, 4.69) is 10.1 Å². The Kier molecular flexibility index (Phi) is 2.62. The Balaban J connectivity index is 2.29. The van der Waals surface area contributed by atoms with Crippen LogP contribution in [0.4, 0.5) is 0 Å². The van der Waals surface area contributed by atoms with Gasteiger partial charge in [0.05, 0.1) is 24.1 Å². The second-order valence-corrected chi connectivity index (χ2v) is 3.04. The first-order valence-corrected chi connectivity index (χ1v) is 4.53. The van der Waals surface area contributed by atoms with Crippen molar-refractivity contribution in [3.8, 4) is 23.6 Å². The topological polar surface area (TPSA) is 86.5 Å². The lowest BCUT2D eigenvalue weighted by Crippen LogP contribution is -1.84. The smallest absolute Gasteiger partial charge is 0.257 e. The number of benzene rings is 1. The van der Waals surface area contributed by atoms with Crippen molar-refractivity contribution in [1.82, 2.24) is 10.1 Å². The van der Waals surface area contributed by atoms with Crippen molar-refractivity contribution in [2.24, 2.45) is 0 Å². The van der Waals surface area contributed by atoms with E-state index in [1.54, 1.807) is 24.3 Å². The summed E-state index contributed by atoms with van der Waals surface area (Å²) in [5, 5.41) is 20.7. The van der Waals surface area contributed by atoms with Gasteiger partial charge in [-0.25, -0.2) is 0 Å². The third-order valence-corrected chi connectivity index (χ3v) is 1.97. The molecule has 0 aliphatic carbocycles. The molecule has 0 atom stereocenters. The summed E-state index contributed by atoms with van der Waals surface area (Å²) >= 11 is 0. The number of nitriles is 2. The van der Waals surface area contributed by atoms with Crippen LogP contribution in [0.25, 0.3) is 11.5 Å². The highest BCUT2D eigenvalue weighted by atomic mass is 16.5. The molecule has 1 heterocycles. The van der Waals surface area contributed by atoms with Gasteiger partial charge in [-0.05, 0) is 24.3 Å². The fourth-order valence-electron chi connectivity index (χ4n) is 1.20. The maximum absolute atomic E-state index is 8.64. The normalized spacial score (nSPS) is 9.38. The summed E-state index contributed by atoms with van der Waals surface area (Å²) in [6.07, 6.45) is 0.125. The molecule has 16 heavy (non-hydrogen) atoms. The van der Waals surface area contributed by atoms with Crippen LogP contribution in [0, 0.1) is 22.7 Å². The maximum atomic E-state index is 8.64. The second kappa shape index (κ2) is 4.24. The van der Waals surface area contributed by atoms with Gasteiger partial charge in [-0.15, -0.1) is 0 Å². The fraction of sp³-hybridized carbons (Fsp3) is 0.0909. The van der Waals surface area contributed by atoms with Crippen molar-refractivity contribution < 1.29 is 4.52 Å². The van der Waals surface area contributed by atoms with Crippen molar-refractivity contribution in [2.75, 3.05) is 0 Å². The Morgan fingerprint density at radius 1 is 1.19 bits per heavy atom. The monoisotopic (exact) mass is 210 g/mol. The van der Waals surface area contributed by atoms with Crippen molar-refractivity contribution in [3.63, 3.8) is 0 Å². The van der Waals surface area contributed by atoms with E-state index in [0.717, 1.165) is 5.56 Å². The minimum Gasteiger partial charge on any atom is -0.334 e. The third kappa shape index (κ3) is 1.89. The Bertz CT molecular complexity index is 571. The first-order chi connectivity index (χ1) is 7.83. The molecule has 76 valence electrons. The second-order valence-electron chi connectivity index (χ2n) is 3.04. The van der Waals surface area contributed by atoms with Gasteiger partial charge < -0.3 is 4.52 Å². The maximum Gasteiger partial charge on any atom is 0.257 e. The van der Waals surface area contributed by atoms with E-state index in [4.69, 9.17) is 15.0 Å². The number of nitrogens with zero attached hydrogens (tertiary/aromatic N) is 4. The minimum atomic E-state index is 0.125. The van der Waals surface area contributed by atoms with E-state index in [9.17, 15) is 0 Å². The molecule has 1 aromatic carbocycles. The summed E-state index contributed by atoms with van der Waals surface area (Å²) in [6.45, 7) is 0. The van der Waals surface area contributed by atoms with Gasteiger partial charge in [0.25, 0.3) is 5.89 Å². The van der Waals surface area contributed by atoms with Gasteiger partial charge in [0.1, 0.15) is 0 Å². The van der Waals surface area contributed by atoms with Gasteiger partial charge in [-0.3, -0.25) is 0 Å².